The van der Waals surface area contributed by atoms with Gasteiger partial charge in [-0.2, -0.15) is 0 Å². The maximum absolute atomic E-state index is 12.3. The summed E-state index contributed by atoms with van der Waals surface area (Å²) in [6.45, 7) is 2.21. The number of nitrogens with one attached hydrogen (secondary N) is 2. The number of rotatable bonds is 5. The first kappa shape index (κ1) is 14.5. The van der Waals surface area contributed by atoms with Crippen LogP contribution >= 0.6 is 0 Å². The molecule has 0 fully saturated rings. The van der Waals surface area contributed by atoms with Crippen molar-refractivity contribution in [1.82, 2.24) is 9.71 Å². The fourth-order valence-corrected chi connectivity index (χ4v) is 3.02. The van der Waals surface area contributed by atoms with Crippen LogP contribution in [-0.2, 0) is 16.6 Å². The Balaban J connectivity index is 2.22. The number of aryl methyl sites for hydroxylation is 1. The molecule has 1 aromatic heterocycles. The van der Waals surface area contributed by atoms with Gasteiger partial charge < -0.3 is 5.32 Å². The monoisotopic (exact) mass is 291 g/mol. The standard InChI is InChI=1S/C14H17N3O2S/c1-11-5-3-4-6-12(11)9-17-20(18,19)14-10-16-8-7-13(14)15-2/h3-8,10,17H,9H2,1-2H3,(H,15,16). The Kier molecular flexibility index (Phi) is 4.36. The fourth-order valence-electron chi connectivity index (χ4n) is 1.86. The van der Waals surface area contributed by atoms with Crippen molar-refractivity contribution in [2.24, 2.45) is 0 Å². The van der Waals surface area contributed by atoms with Gasteiger partial charge in [0.15, 0.2) is 0 Å². The molecule has 2 N–H and O–H groups in total. The zero-order valence-corrected chi connectivity index (χ0v) is 12.2. The molecule has 0 saturated carbocycles. The van der Waals surface area contributed by atoms with Gasteiger partial charge in [0.1, 0.15) is 4.90 Å². The van der Waals surface area contributed by atoms with E-state index in [0.717, 1.165) is 11.1 Å². The molecule has 0 spiro atoms. The minimum atomic E-state index is -3.59. The van der Waals surface area contributed by atoms with Gasteiger partial charge in [0.05, 0.1) is 5.69 Å². The fraction of sp³-hybridized carbons (Fsp3) is 0.214. The lowest BCUT2D eigenvalue weighted by Crippen LogP contribution is -2.24. The lowest BCUT2D eigenvalue weighted by molar-refractivity contribution is 0.581. The molecule has 0 amide bonds. The Bertz CT molecular complexity index is 699. The van der Waals surface area contributed by atoms with Crippen LogP contribution in [-0.4, -0.2) is 20.4 Å². The summed E-state index contributed by atoms with van der Waals surface area (Å²) in [5.41, 5.74) is 2.53. The van der Waals surface area contributed by atoms with Crippen LogP contribution in [0.1, 0.15) is 11.1 Å². The summed E-state index contributed by atoms with van der Waals surface area (Å²) < 4.78 is 27.2. The molecule has 5 nitrogen and oxygen atoms in total. The van der Waals surface area contributed by atoms with Crippen molar-refractivity contribution in [3.8, 4) is 0 Å². The second kappa shape index (κ2) is 6.02. The molecule has 0 bridgehead atoms. The van der Waals surface area contributed by atoms with Crippen molar-refractivity contribution in [2.45, 2.75) is 18.4 Å². The van der Waals surface area contributed by atoms with E-state index in [4.69, 9.17) is 0 Å². The summed E-state index contributed by atoms with van der Waals surface area (Å²) in [7, 11) is -1.92. The van der Waals surface area contributed by atoms with Gasteiger partial charge in [-0.3, -0.25) is 4.98 Å². The number of pyridine rings is 1. The van der Waals surface area contributed by atoms with Crippen LogP contribution in [0.15, 0.2) is 47.6 Å². The van der Waals surface area contributed by atoms with Gasteiger partial charge in [0, 0.05) is 26.0 Å². The van der Waals surface area contributed by atoms with Gasteiger partial charge in [-0.05, 0) is 24.1 Å². The predicted octanol–water partition coefficient (Wildman–Crippen LogP) is 1.91. The van der Waals surface area contributed by atoms with E-state index in [9.17, 15) is 8.42 Å². The number of sulfonamides is 1. The van der Waals surface area contributed by atoms with E-state index in [1.54, 1.807) is 19.3 Å². The van der Waals surface area contributed by atoms with Crippen LogP contribution in [0.4, 0.5) is 5.69 Å². The highest BCUT2D eigenvalue weighted by Gasteiger charge is 2.18. The van der Waals surface area contributed by atoms with E-state index in [0.29, 0.717) is 5.69 Å². The molecule has 1 heterocycles. The van der Waals surface area contributed by atoms with E-state index in [-0.39, 0.29) is 11.4 Å². The molecule has 0 radical (unpaired) electrons. The molecule has 0 atom stereocenters. The van der Waals surface area contributed by atoms with E-state index in [1.165, 1.54) is 6.20 Å². The van der Waals surface area contributed by atoms with Crippen LogP contribution in [0.2, 0.25) is 0 Å². The quantitative estimate of drug-likeness (QED) is 0.883. The van der Waals surface area contributed by atoms with E-state index >= 15 is 0 Å². The summed E-state index contributed by atoms with van der Waals surface area (Å²) in [6, 6.07) is 9.29. The molecule has 2 rings (SSSR count). The maximum atomic E-state index is 12.3. The zero-order valence-electron chi connectivity index (χ0n) is 11.4. The second-order valence-corrected chi connectivity index (χ2v) is 6.11. The Morgan fingerprint density at radius 3 is 2.65 bits per heavy atom. The Morgan fingerprint density at radius 1 is 1.20 bits per heavy atom. The first-order chi connectivity index (χ1) is 9.54. The van der Waals surface area contributed by atoms with E-state index in [1.807, 2.05) is 31.2 Å². The highest BCUT2D eigenvalue weighted by molar-refractivity contribution is 7.89. The first-order valence-corrected chi connectivity index (χ1v) is 7.69. The molecule has 0 aliphatic carbocycles. The third-order valence-corrected chi connectivity index (χ3v) is 4.49. The lowest BCUT2D eigenvalue weighted by Gasteiger charge is -2.11. The average molecular weight is 291 g/mol. The second-order valence-electron chi connectivity index (χ2n) is 4.37. The van der Waals surface area contributed by atoms with Gasteiger partial charge in [-0.15, -0.1) is 0 Å². The third kappa shape index (κ3) is 3.15. The molecule has 1 aromatic carbocycles. The zero-order chi connectivity index (χ0) is 14.6. The maximum Gasteiger partial charge on any atom is 0.244 e. The minimum Gasteiger partial charge on any atom is -0.387 e. The summed E-state index contributed by atoms with van der Waals surface area (Å²) in [4.78, 5) is 4.02. The van der Waals surface area contributed by atoms with Gasteiger partial charge in [-0.1, -0.05) is 24.3 Å². The van der Waals surface area contributed by atoms with Crippen LogP contribution in [0.3, 0.4) is 0 Å². The Labute approximate surface area is 119 Å². The lowest BCUT2D eigenvalue weighted by atomic mass is 10.1. The number of hydrogen-bond donors (Lipinski definition) is 2. The molecule has 0 saturated heterocycles. The highest BCUT2D eigenvalue weighted by atomic mass is 32.2. The molecule has 20 heavy (non-hydrogen) atoms. The highest BCUT2D eigenvalue weighted by Crippen LogP contribution is 2.19. The minimum absolute atomic E-state index is 0.149. The number of nitrogens with zero attached hydrogens (tertiary/aromatic N) is 1. The molecule has 0 aliphatic rings. The normalized spacial score (nSPS) is 11.3. The first-order valence-electron chi connectivity index (χ1n) is 6.20. The van der Waals surface area contributed by atoms with Crippen LogP contribution in [0.5, 0.6) is 0 Å². The molecular formula is C14H17N3O2S. The van der Waals surface area contributed by atoms with Crippen LogP contribution in [0, 0.1) is 6.92 Å². The number of aromatic nitrogens is 1. The van der Waals surface area contributed by atoms with Gasteiger partial charge in [-0.25, -0.2) is 13.1 Å². The summed E-state index contributed by atoms with van der Waals surface area (Å²) in [5, 5.41) is 2.85. The van der Waals surface area contributed by atoms with E-state index in [2.05, 4.69) is 15.0 Å². The topological polar surface area (TPSA) is 71.1 Å². The van der Waals surface area contributed by atoms with Crippen molar-refractivity contribution >= 4 is 15.7 Å². The van der Waals surface area contributed by atoms with Crippen molar-refractivity contribution in [3.05, 3.63) is 53.9 Å². The molecule has 0 aliphatic heterocycles. The SMILES string of the molecule is CNc1ccncc1S(=O)(=O)NCc1ccccc1C. The summed E-state index contributed by atoms with van der Waals surface area (Å²) in [6.07, 6.45) is 2.89. The molecule has 6 heteroatoms. The molecule has 0 unspecified atom stereocenters. The van der Waals surface area contributed by atoms with Crippen LogP contribution < -0.4 is 10.0 Å². The van der Waals surface area contributed by atoms with Crippen molar-refractivity contribution in [1.29, 1.82) is 0 Å². The number of hydrogen-bond acceptors (Lipinski definition) is 4. The Hall–Kier alpha value is -1.92. The molecular weight excluding hydrogens is 274 g/mol. The van der Waals surface area contributed by atoms with Gasteiger partial charge in [0.25, 0.3) is 0 Å². The Morgan fingerprint density at radius 2 is 1.95 bits per heavy atom. The summed E-state index contributed by atoms with van der Waals surface area (Å²) in [5.74, 6) is 0. The molecule has 2 aromatic rings. The molecule has 106 valence electrons. The smallest absolute Gasteiger partial charge is 0.244 e. The van der Waals surface area contributed by atoms with E-state index < -0.39 is 10.0 Å². The number of anilines is 1. The largest absolute Gasteiger partial charge is 0.387 e. The van der Waals surface area contributed by atoms with Crippen LogP contribution in [0.25, 0.3) is 0 Å². The van der Waals surface area contributed by atoms with Crippen molar-refractivity contribution in [3.63, 3.8) is 0 Å². The van der Waals surface area contributed by atoms with Crippen molar-refractivity contribution in [2.75, 3.05) is 12.4 Å². The third-order valence-electron chi connectivity index (χ3n) is 3.06. The van der Waals surface area contributed by atoms with Crippen molar-refractivity contribution < 1.29 is 8.42 Å². The van der Waals surface area contributed by atoms with Gasteiger partial charge in [0.2, 0.25) is 10.0 Å². The predicted molar refractivity (Wildman–Crippen MR) is 79.0 cm³/mol. The summed E-state index contributed by atoms with van der Waals surface area (Å²) >= 11 is 0. The average Bonchev–Trinajstić information content (AvgIpc) is 2.46. The van der Waals surface area contributed by atoms with Gasteiger partial charge >= 0.3 is 0 Å². The number of benzene rings is 1.